The summed E-state index contributed by atoms with van der Waals surface area (Å²) in [5, 5.41) is 13.6. The minimum Gasteiger partial charge on any atom is -0.387 e. The molecule has 0 fully saturated rings. The number of fused-ring (bicyclic) bond motifs is 1. The van der Waals surface area contributed by atoms with E-state index in [0.29, 0.717) is 11.6 Å². The molecule has 0 amide bonds. The van der Waals surface area contributed by atoms with Gasteiger partial charge in [-0.3, -0.25) is 0 Å². The number of nitrogens with one attached hydrogen (secondary N) is 1. The molecule has 1 atom stereocenters. The summed E-state index contributed by atoms with van der Waals surface area (Å²) in [4.78, 5) is 0. The van der Waals surface area contributed by atoms with Gasteiger partial charge in [0.05, 0.1) is 6.10 Å². The van der Waals surface area contributed by atoms with Crippen molar-refractivity contribution < 1.29 is 5.11 Å². The first-order valence-corrected chi connectivity index (χ1v) is 4.82. The van der Waals surface area contributed by atoms with Gasteiger partial charge in [0.2, 0.25) is 0 Å². The van der Waals surface area contributed by atoms with Crippen LogP contribution >= 0.6 is 11.6 Å². The molecule has 1 aliphatic rings. The van der Waals surface area contributed by atoms with Crippen molar-refractivity contribution in [3.63, 3.8) is 0 Å². The quantitative estimate of drug-likeness (QED) is 0.661. The minimum atomic E-state index is -0.420. The van der Waals surface area contributed by atoms with Crippen LogP contribution in [-0.2, 0) is 6.42 Å². The smallest absolute Gasteiger partial charge is 0.0917 e. The van der Waals surface area contributed by atoms with Crippen LogP contribution in [0.15, 0.2) is 18.2 Å². The molecule has 2 N–H and O–H groups in total. The number of aliphatic hydroxyl groups is 1. The van der Waals surface area contributed by atoms with Crippen molar-refractivity contribution in [1.29, 1.82) is 0 Å². The lowest BCUT2D eigenvalue weighted by Gasteiger charge is -2.10. The third kappa shape index (κ3) is 1.85. The number of hydrogen-bond donors (Lipinski definition) is 2. The molecular weight excluding hydrogens is 186 g/mol. The Bertz CT molecular complexity index is 314. The number of aliphatic hydroxyl groups excluding tert-OH is 1. The molecule has 1 aromatic carbocycles. The van der Waals surface area contributed by atoms with Gasteiger partial charge in [0.1, 0.15) is 0 Å². The fraction of sp³-hybridized carbons (Fsp3) is 0.400. The van der Waals surface area contributed by atoms with Crippen LogP contribution in [0.25, 0.3) is 0 Å². The predicted octanol–water partition coefficient (Wildman–Crippen LogP) is 1.52. The number of rotatable bonds is 0. The molecule has 2 rings (SSSR count). The first-order valence-electron chi connectivity index (χ1n) is 4.44. The van der Waals surface area contributed by atoms with E-state index in [1.807, 2.05) is 18.2 Å². The van der Waals surface area contributed by atoms with E-state index in [1.165, 1.54) is 5.56 Å². The van der Waals surface area contributed by atoms with E-state index in [0.717, 1.165) is 18.5 Å². The summed E-state index contributed by atoms with van der Waals surface area (Å²) >= 11 is 5.86. The normalized spacial score (nSPS) is 22.2. The Morgan fingerprint density at radius 3 is 3.15 bits per heavy atom. The van der Waals surface area contributed by atoms with E-state index in [9.17, 15) is 5.11 Å². The van der Waals surface area contributed by atoms with Crippen LogP contribution in [-0.4, -0.2) is 18.2 Å². The van der Waals surface area contributed by atoms with Gasteiger partial charge in [0.15, 0.2) is 0 Å². The lowest BCUT2D eigenvalue weighted by Crippen LogP contribution is -2.19. The van der Waals surface area contributed by atoms with E-state index in [-0.39, 0.29) is 0 Å². The molecule has 0 saturated heterocycles. The Morgan fingerprint density at radius 1 is 1.46 bits per heavy atom. The van der Waals surface area contributed by atoms with Crippen LogP contribution < -0.4 is 5.32 Å². The highest BCUT2D eigenvalue weighted by atomic mass is 35.5. The van der Waals surface area contributed by atoms with Gasteiger partial charge in [-0.15, -0.1) is 0 Å². The maximum absolute atomic E-state index is 9.74. The first-order chi connectivity index (χ1) is 6.27. The Hall–Kier alpha value is -0.570. The lowest BCUT2D eigenvalue weighted by atomic mass is 10.0. The number of halogens is 1. The standard InChI is InChI=1S/C10H12ClNO/c11-8-2-1-7-3-4-12-6-10(13)9(7)5-8/h1-2,5,10,12-13H,3-4,6H2/t10-/m0/s1. The topological polar surface area (TPSA) is 32.3 Å². The monoisotopic (exact) mass is 197 g/mol. The molecule has 0 bridgehead atoms. The molecule has 2 nitrogen and oxygen atoms in total. The molecule has 1 heterocycles. The average Bonchev–Trinajstić information content (AvgIpc) is 2.29. The van der Waals surface area contributed by atoms with Crippen molar-refractivity contribution in [3.05, 3.63) is 34.3 Å². The number of hydrogen-bond acceptors (Lipinski definition) is 2. The second-order valence-electron chi connectivity index (χ2n) is 3.31. The van der Waals surface area contributed by atoms with Crippen LogP contribution in [0.3, 0.4) is 0 Å². The highest BCUT2D eigenvalue weighted by Crippen LogP contribution is 2.23. The van der Waals surface area contributed by atoms with Gasteiger partial charge in [0, 0.05) is 11.6 Å². The van der Waals surface area contributed by atoms with Gasteiger partial charge < -0.3 is 10.4 Å². The summed E-state index contributed by atoms with van der Waals surface area (Å²) in [6, 6.07) is 5.72. The minimum absolute atomic E-state index is 0.420. The zero-order valence-corrected chi connectivity index (χ0v) is 8.01. The molecular formula is C10H12ClNO. The van der Waals surface area contributed by atoms with Crippen LogP contribution in [0, 0.1) is 0 Å². The van der Waals surface area contributed by atoms with Crippen molar-refractivity contribution in [2.24, 2.45) is 0 Å². The maximum atomic E-state index is 9.74. The van der Waals surface area contributed by atoms with E-state index in [2.05, 4.69) is 5.32 Å². The summed E-state index contributed by atoms with van der Waals surface area (Å²) in [5.41, 5.74) is 2.17. The Morgan fingerprint density at radius 2 is 2.31 bits per heavy atom. The Kier molecular flexibility index (Phi) is 2.54. The Balaban J connectivity index is 2.43. The zero-order valence-electron chi connectivity index (χ0n) is 7.26. The second-order valence-corrected chi connectivity index (χ2v) is 3.75. The average molecular weight is 198 g/mol. The van der Waals surface area contributed by atoms with Crippen molar-refractivity contribution in [3.8, 4) is 0 Å². The van der Waals surface area contributed by atoms with Crippen molar-refractivity contribution >= 4 is 11.6 Å². The highest BCUT2D eigenvalue weighted by Gasteiger charge is 2.15. The molecule has 70 valence electrons. The molecule has 0 unspecified atom stereocenters. The van der Waals surface area contributed by atoms with E-state index >= 15 is 0 Å². The molecule has 0 spiro atoms. The second kappa shape index (κ2) is 3.66. The van der Waals surface area contributed by atoms with Gasteiger partial charge in [0.25, 0.3) is 0 Å². The predicted molar refractivity (Wildman–Crippen MR) is 53.0 cm³/mol. The number of benzene rings is 1. The SMILES string of the molecule is O[C@H]1CNCCc2ccc(Cl)cc21. The molecule has 0 aromatic heterocycles. The van der Waals surface area contributed by atoms with Crippen LogP contribution in [0.4, 0.5) is 0 Å². The Labute approximate surface area is 82.5 Å². The molecule has 0 aliphatic carbocycles. The highest BCUT2D eigenvalue weighted by molar-refractivity contribution is 6.30. The van der Waals surface area contributed by atoms with Crippen LogP contribution in [0.5, 0.6) is 0 Å². The van der Waals surface area contributed by atoms with Crippen molar-refractivity contribution in [2.75, 3.05) is 13.1 Å². The molecule has 1 aliphatic heterocycles. The zero-order chi connectivity index (χ0) is 9.26. The third-order valence-corrected chi connectivity index (χ3v) is 2.61. The van der Waals surface area contributed by atoms with Gasteiger partial charge >= 0.3 is 0 Å². The van der Waals surface area contributed by atoms with Gasteiger partial charge in [-0.1, -0.05) is 17.7 Å². The van der Waals surface area contributed by atoms with Crippen molar-refractivity contribution in [1.82, 2.24) is 5.32 Å². The first kappa shape index (κ1) is 9.00. The van der Waals surface area contributed by atoms with Gasteiger partial charge in [-0.05, 0) is 36.2 Å². The van der Waals surface area contributed by atoms with Crippen LogP contribution in [0.1, 0.15) is 17.2 Å². The summed E-state index contributed by atoms with van der Waals surface area (Å²) in [6.07, 6.45) is 0.542. The molecule has 3 heteroatoms. The van der Waals surface area contributed by atoms with E-state index in [4.69, 9.17) is 11.6 Å². The molecule has 1 aromatic rings. The summed E-state index contributed by atoms with van der Waals surface area (Å²) in [6.45, 7) is 1.54. The fourth-order valence-electron chi connectivity index (χ4n) is 1.68. The van der Waals surface area contributed by atoms with Crippen LogP contribution in [0.2, 0.25) is 5.02 Å². The summed E-state index contributed by atoms with van der Waals surface area (Å²) in [7, 11) is 0. The van der Waals surface area contributed by atoms with E-state index in [1.54, 1.807) is 0 Å². The molecule has 0 radical (unpaired) electrons. The van der Waals surface area contributed by atoms with Crippen molar-refractivity contribution in [2.45, 2.75) is 12.5 Å². The molecule has 0 saturated carbocycles. The maximum Gasteiger partial charge on any atom is 0.0917 e. The third-order valence-electron chi connectivity index (χ3n) is 2.38. The largest absolute Gasteiger partial charge is 0.387 e. The fourth-order valence-corrected chi connectivity index (χ4v) is 1.86. The summed E-state index contributed by atoms with van der Waals surface area (Å²) in [5.74, 6) is 0. The summed E-state index contributed by atoms with van der Waals surface area (Å²) < 4.78 is 0. The lowest BCUT2D eigenvalue weighted by molar-refractivity contribution is 0.178. The van der Waals surface area contributed by atoms with Gasteiger partial charge in [-0.2, -0.15) is 0 Å². The van der Waals surface area contributed by atoms with Gasteiger partial charge in [-0.25, -0.2) is 0 Å². The molecule has 13 heavy (non-hydrogen) atoms. The number of β-amino-alcohol motifs (C(OH)–C–C–N with tert-alkyl or cyclic N) is 1. The van der Waals surface area contributed by atoms with E-state index < -0.39 is 6.10 Å².